The van der Waals surface area contributed by atoms with Gasteiger partial charge in [-0.3, -0.25) is 14.5 Å². The molecule has 1 saturated heterocycles. The molecule has 2 aromatic carbocycles. The number of carbonyl (C=O) groups is 2. The standard InChI is InChI=1S/C33H35Cl2N7O3/c1-36-31(43)20-16-42(17-20)15-19-11-12-24(39-33(19)45-4)23-9-5-7-21(28(23)34)22-8-6-10-25(29(22)35)38-32(44)30-37-26-18-40(2)14-13-27(26)41(30)3/h5-12,20H,13-18H2,1-4H3,(H,36,43)(H,38,44). The second-order valence-electron chi connectivity index (χ2n) is 11.5. The van der Waals surface area contributed by atoms with Crippen molar-refractivity contribution in [3.8, 4) is 28.3 Å². The number of carbonyl (C=O) groups excluding carboxylic acids is 2. The summed E-state index contributed by atoms with van der Waals surface area (Å²) in [6, 6.07) is 15.0. The third-order valence-corrected chi connectivity index (χ3v) is 9.38. The van der Waals surface area contributed by atoms with Gasteiger partial charge < -0.3 is 24.8 Å². The molecular formula is C33H35Cl2N7O3. The Labute approximate surface area is 272 Å². The third kappa shape index (κ3) is 6.03. The van der Waals surface area contributed by atoms with Gasteiger partial charge in [0.15, 0.2) is 5.82 Å². The number of likely N-dealkylation sites (N-methyl/N-ethyl adjacent to an activating group) is 1. The second kappa shape index (κ2) is 12.8. The van der Waals surface area contributed by atoms with Crippen LogP contribution in [0.25, 0.3) is 22.4 Å². The minimum atomic E-state index is -0.327. The number of ether oxygens (including phenoxy) is 1. The van der Waals surface area contributed by atoms with Gasteiger partial charge in [-0.1, -0.05) is 59.6 Å². The zero-order valence-corrected chi connectivity index (χ0v) is 27.2. The Balaban J connectivity index is 1.24. The summed E-state index contributed by atoms with van der Waals surface area (Å²) in [5.41, 5.74) is 6.15. The fraction of sp³-hybridized carbons (Fsp3) is 0.333. The molecule has 0 bridgehead atoms. The van der Waals surface area contributed by atoms with Crippen molar-refractivity contribution in [2.45, 2.75) is 19.5 Å². The Morgan fingerprint density at radius 3 is 2.42 bits per heavy atom. The van der Waals surface area contributed by atoms with Gasteiger partial charge in [0.05, 0.1) is 40.1 Å². The molecule has 2 amide bonds. The number of anilines is 1. The summed E-state index contributed by atoms with van der Waals surface area (Å²) in [5.74, 6) is 0.597. The molecule has 10 nitrogen and oxygen atoms in total. The molecule has 2 aromatic heterocycles. The van der Waals surface area contributed by atoms with E-state index in [1.54, 1.807) is 20.2 Å². The molecule has 0 spiro atoms. The number of amides is 2. The predicted molar refractivity (Wildman–Crippen MR) is 176 cm³/mol. The Hall–Kier alpha value is -3.96. The topological polar surface area (TPSA) is 105 Å². The van der Waals surface area contributed by atoms with E-state index in [1.165, 1.54) is 0 Å². The lowest BCUT2D eigenvalue weighted by Gasteiger charge is -2.38. The van der Waals surface area contributed by atoms with Crippen molar-refractivity contribution in [1.82, 2.24) is 29.7 Å². The van der Waals surface area contributed by atoms with E-state index >= 15 is 0 Å². The molecule has 0 aliphatic carbocycles. The smallest absolute Gasteiger partial charge is 0.291 e. The Kier molecular flexibility index (Phi) is 8.83. The summed E-state index contributed by atoms with van der Waals surface area (Å²) in [6.45, 7) is 3.65. The van der Waals surface area contributed by atoms with Gasteiger partial charge in [-0.05, 0) is 19.2 Å². The largest absolute Gasteiger partial charge is 0.481 e. The molecule has 0 radical (unpaired) electrons. The number of halogens is 2. The third-order valence-electron chi connectivity index (χ3n) is 8.56. The van der Waals surface area contributed by atoms with Gasteiger partial charge in [-0.2, -0.15) is 0 Å². The molecule has 234 valence electrons. The lowest BCUT2D eigenvalue weighted by atomic mass is 9.98. The minimum Gasteiger partial charge on any atom is -0.481 e. The predicted octanol–water partition coefficient (Wildman–Crippen LogP) is 4.88. The van der Waals surface area contributed by atoms with E-state index in [0.29, 0.717) is 70.4 Å². The number of nitrogens with zero attached hydrogens (tertiary/aromatic N) is 5. The first-order chi connectivity index (χ1) is 21.7. The van der Waals surface area contributed by atoms with E-state index < -0.39 is 0 Å². The highest BCUT2D eigenvalue weighted by atomic mass is 35.5. The lowest BCUT2D eigenvalue weighted by molar-refractivity contribution is -0.129. The van der Waals surface area contributed by atoms with Crippen LogP contribution in [-0.2, 0) is 31.4 Å². The molecule has 4 aromatic rings. The highest BCUT2D eigenvalue weighted by Crippen LogP contribution is 2.41. The van der Waals surface area contributed by atoms with Crippen molar-refractivity contribution in [1.29, 1.82) is 0 Å². The zero-order chi connectivity index (χ0) is 31.8. The van der Waals surface area contributed by atoms with Gasteiger partial charge in [0.25, 0.3) is 5.91 Å². The Morgan fingerprint density at radius 1 is 0.978 bits per heavy atom. The Bertz CT molecular complexity index is 1780. The van der Waals surface area contributed by atoms with Crippen molar-refractivity contribution in [2.75, 3.05) is 46.2 Å². The summed E-state index contributed by atoms with van der Waals surface area (Å²) in [7, 11) is 7.17. The number of pyridine rings is 1. The van der Waals surface area contributed by atoms with Crippen LogP contribution in [0.4, 0.5) is 5.69 Å². The van der Waals surface area contributed by atoms with E-state index in [1.807, 2.05) is 61.1 Å². The summed E-state index contributed by atoms with van der Waals surface area (Å²) < 4.78 is 7.51. The average molecular weight is 649 g/mol. The van der Waals surface area contributed by atoms with Crippen molar-refractivity contribution < 1.29 is 14.3 Å². The van der Waals surface area contributed by atoms with Crippen LogP contribution >= 0.6 is 23.2 Å². The zero-order valence-electron chi connectivity index (χ0n) is 25.7. The van der Waals surface area contributed by atoms with Crippen LogP contribution in [0.2, 0.25) is 10.0 Å². The number of nitrogens with one attached hydrogen (secondary N) is 2. The molecule has 0 atom stereocenters. The lowest BCUT2D eigenvalue weighted by Crippen LogP contribution is -2.52. The SMILES string of the molecule is CNC(=O)C1CN(Cc2ccc(-c3cccc(-c4cccc(NC(=O)c5nc6c(n5C)CCN(C)C6)c4Cl)c3Cl)nc2OC)C1. The van der Waals surface area contributed by atoms with Crippen LogP contribution in [0.3, 0.4) is 0 Å². The second-order valence-corrected chi connectivity index (χ2v) is 12.3. The molecule has 2 N–H and O–H groups in total. The maximum Gasteiger partial charge on any atom is 0.291 e. The number of fused-ring (bicyclic) bond motifs is 1. The highest BCUT2D eigenvalue weighted by Gasteiger charge is 2.32. The molecule has 2 aliphatic heterocycles. The molecule has 1 fully saturated rings. The molecule has 6 rings (SSSR count). The number of benzene rings is 2. The number of rotatable bonds is 8. The average Bonchev–Trinajstić information content (AvgIpc) is 3.35. The van der Waals surface area contributed by atoms with Crippen LogP contribution in [0.5, 0.6) is 5.88 Å². The van der Waals surface area contributed by atoms with Crippen molar-refractivity contribution in [2.24, 2.45) is 13.0 Å². The minimum absolute atomic E-state index is 0.01000. The number of imidazole rings is 1. The van der Waals surface area contributed by atoms with Crippen molar-refractivity contribution >= 4 is 40.7 Å². The van der Waals surface area contributed by atoms with Crippen LogP contribution in [0.15, 0.2) is 48.5 Å². The summed E-state index contributed by atoms with van der Waals surface area (Å²) in [4.78, 5) is 39.0. The van der Waals surface area contributed by atoms with Gasteiger partial charge in [-0.25, -0.2) is 9.97 Å². The fourth-order valence-corrected chi connectivity index (χ4v) is 6.64. The van der Waals surface area contributed by atoms with Gasteiger partial charge in [0.2, 0.25) is 11.8 Å². The summed E-state index contributed by atoms with van der Waals surface area (Å²) in [6.07, 6.45) is 0.842. The van der Waals surface area contributed by atoms with E-state index in [0.717, 1.165) is 35.5 Å². The first kappa shape index (κ1) is 31.0. The summed E-state index contributed by atoms with van der Waals surface area (Å²) in [5, 5.41) is 6.51. The monoisotopic (exact) mass is 647 g/mol. The highest BCUT2D eigenvalue weighted by molar-refractivity contribution is 6.39. The van der Waals surface area contributed by atoms with Crippen molar-refractivity contribution in [3.63, 3.8) is 0 Å². The van der Waals surface area contributed by atoms with Crippen LogP contribution < -0.4 is 15.4 Å². The first-order valence-corrected chi connectivity index (χ1v) is 15.5. The normalized spacial score (nSPS) is 15.3. The van der Waals surface area contributed by atoms with Crippen LogP contribution in [-0.4, -0.2) is 77.0 Å². The maximum absolute atomic E-state index is 13.3. The molecule has 2 aliphatic rings. The number of methoxy groups -OCH3 is 1. The molecule has 12 heteroatoms. The number of likely N-dealkylation sites (tertiary alicyclic amines) is 1. The molecule has 0 unspecified atom stereocenters. The Morgan fingerprint density at radius 2 is 1.69 bits per heavy atom. The van der Waals surface area contributed by atoms with Crippen LogP contribution in [0, 0.1) is 5.92 Å². The van der Waals surface area contributed by atoms with Gasteiger partial charge in [0.1, 0.15) is 0 Å². The molecule has 0 saturated carbocycles. The van der Waals surface area contributed by atoms with Gasteiger partial charge in [0, 0.05) is 81.2 Å². The first-order valence-electron chi connectivity index (χ1n) is 14.8. The van der Waals surface area contributed by atoms with Crippen LogP contribution in [0.1, 0.15) is 27.6 Å². The van der Waals surface area contributed by atoms with E-state index in [-0.39, 0.29) is 17.7 Å². The number of hydrogen-bond acceptors (Lipinski definition) is 7. The molecule has 45 heavy (non-hydrogen) atoms. The van der Waals surface area contributed by atoms with E-state index in [9.17, 15) is 9.59 Å². The summed E-state index contributed by atoms with van der Waals surface area (Å²) >= 11 is 13.9. The van der Waals surface area contributed by atoms with Gasteiger partial charge >= 0.3 is 0 Å². The van der Waals surface area contributed by atoms with Crippen molar-refractivity contribution in [3.05, 3.63) is 81.4 Å². The number of aromatic nitrogens is 3. The molecule has 4 heterocycles. The fourth-order valence-electron chi connectivity index (χ4n) is 6.04. The van der Waals surface area contributed by atoms with E-state index in [2.05, 4.69) is 25.4 Å². The molecular weight excluding hydrogens is 613 g/mol. The van der Waals surface area contributed by atoms with Gasteiger partial charge in [-0.15, -0.1) is 0 Å². The quantitative estimate of drug-likeness (QED) is 0.281. The van der Waals surface area contributed by atoms with E-state index in [4.69, 9.17) is 32.9 Å². The number of hydrogen-bond donors (Lipinski definition) is 2. The maximum atomic E-state index is 13.3.